The highest BCUT2D eigenvalue weighted by Crippen LogP contribution is 2.18. The Bertz CT molecular complexity index is 1030. The molecule has 1 N–H and O–H groups in total. The summed E-state index contributed by atoms with van der Waals surface area (Å²) in [5.41, 5.74) is 0.542. The molecule has 0 aliphatic heterocycles. The van der Waals surface area contributed by atoms with Crippen molar-refractivity contribution in [1.29, 1.82) is 0 Å². The second-order valence-corrected chi connectivity index (χ2v) is 6.38. The first-order chi connectivity index (χ1) is 14.1. The van der Waals surface area contributed by atoms with Gasteiger partial charge in [0, 0.05) is 25.5 Å². The summed E-state index contributed by atoms with van der Waals surface area (Å²) < 4.78 is 12.5. The van der Waals surface area contributed by atoms with Crippen LogP contribution in [0.5, 0.6) is 11.5 Å². The van der Waals surface area contributed by atoms with E-state index in [0.29, 0.717) is 18.8 Å². The van der Waals surface area contributed by atoms with Gasteiger partial charge >= 0.3 is 5.97 Å². The Hall–Kier alpha value is -3.61. The highest BCUT2D eigenvalue weighted by molar-refractivity contribution is 5.89. The standard InChI is InChI=1S/C22H23N3O4/c1-3-28-22(27)18-14-25(12-11-24-20-13-16(2)9-10-23-20)15-19(21(18)26)29-17-7-5-4-6-8-17/h4-10,13-15H,3,11-12H2,1-2H3,(H,23,24). The summed E-state index contributed by atoms with van der Waals surface area (Å²) in [6.07, 6.45) is 4.81. The van der Waals surface area contributed by atoms with Crippen molar-refractivity contribution < 1.29 is 14.3 Å². The number of aromatic nitrogens is 2. The molecule has 0 amide bonds. The topological polar surface area (TPSA) is 82.4 Å². The second kappa shape index (κ2) is 9.54. The van der Waals surface area contributed by atoms with Crippen LogP contribution in [0, 0.1) is 6.92 Å². The lowest BCUT2D eigenvalue weighted by molar-refractivity contribution is 0.0523. The number of para-hydroxylation sites is 1. The number of ether oxygens (including phenoxy) is 2. The van der Waals surface area contributed by atoms with E-state index in [1.54, 1.807) is 36.0 Å². The Morgan fingerprint density at radius 2 is 1.97 bits per heavy atom. The number of anilines is 1. The van der Waals surface area contributed by atoms with Crippen LogP contribution in [0.1, 0.15) is 22.8 Å². The molecule has 7 nitrogen and oxygen atoms in total. The molecule has 7 heteroatoms. The summed E-state index contributed by atoms with van der Waals surface area (Å²) in [5.74, 6) is 0.671. The summed E-state index contributed by atoms with van der Waals surface area (Å²) >= 11 is 0. The van der Waals surface area contributed by atoms with E-state index in [1.165, 1.54) is 6.20 Å². The molecular weight excluding hydrogens is 370 g/mol. The van der Waals surface area contributed by atoms with Crippen molar-refractivity contribution >= 4 is 11.8 Å². The number of rotatable bonds is 8. The van der Waals surface area contributed by atoms with Crippen LogP contribution >= 0.6 is 0 Å². The summed E-state index contributed by atoms with van der Waals surface area (Å²) in [6.45, 7) is 4.91. The van der Waals surface area contributed by atoms with Crippen LogP contribution in [-0.2, 0) is 11.3 Å². The molecule has 2 aromatic heterocycles. The molecule has 0 radical (unpaired) electrons. The quantitative estimate of drug-likeness (QED) is 0.589. The van der Waals surface area contributed by atoms with Crippen molar-refractivity contribution in [3.05, 3.63) is 82.4 Å². The Balaban J connectivity index is 1.83. The van der Waals surface area contributed by atoms with Gasteiger partial charge in [0.1, 0.15) is 17.1 Å². The molecule has 1 aromatic carbocycles. The van der Waals surface area contributed by atoms with Crippen LogP contribution in [0.25, 0.3) is 0 Å². The van der Waals surface area contributed by atoms with Crippen molar-refractivity contribution in [3.8, 4) is 11.5 Å². The van der Waals surface area contributed by atoms with Crippen LogP contribution in [-0.4, -0.2) is 28.7 Å². The number of carbonyl (C=O) groups is 1. The smallest absolute Gasteiger partial charge is 0.343 e. The van der Waals surface area contributed by atoms with Gasteiger partial charge in [0.2, 0.25) is 5.43 Å². The van der Waals surface area contributed by atoms with E-state index in [-0.39, 0.29) is 17.9 Å². The first-order valence-corrected chi connectivity index (χ1v) is 9.37. The maximum atomic E-state index is 12.7. The molecule has 0 fully saturated rings. The molecule has 3 rings (SSSR count). The average molecular weight is 393 g/mol. The molecule has 0 saturated heterocycles. The third kappa shape index (κ3) is 5.44. The van der Waals surface area contributed by atoms with Crippen molar-refractivity contribution in [2.75, 3.05) is 18.5 Å². The van der Waals surface area contributed by atoms with Crippen molar-refractivity contribution in [2.45, 2.75) is 20.4 Å². The van der Waals surface area contributed by atoms with Gasteiger partial charge in [-0.2, -0.15) is 0 Å². The molecule has 0 unspecified atom stereocenters. The van der Waals surface area contributed by atoms with Gasteiger partial charge in [-0.25, -0.2) is 9.78 Å². The van der Waals surface area contributed by atoms with Crippen LogP contribution in [0.2, 0.25) is 0 Å². The molecule has 0 atom stereocenters. The maximum absolute atomic E-state index is 12.7. The zero-order chi connectivity index (χ0) is 20.6. The lowest BCUT2D eigenvalue weighted by Crippen LogP contribution is -2.22. The number of pyridine rings is 2. The number of hydrogen-bond donors (Lipinski definition) is 1. The molecule has 29 heavy (non-hydrogen) atoms. The molecule has 0 saturated carbocycles. The fourth-order valence-electron chi connectivity index (χ4n) is 2.72. The molecular formula is C22H23N3O4. The van der Waals surface area contributed by atoms with Crippen LogP contribution in [0.3, 0.4) is 0 Å². The summed E-state index contributed by atoms with van der Waals surface area (Å²) in [6, 6.07) is 12.8. The SMILES string of the molecule is CCOC(=O)c1cn(CCNc2cc(C)ccn2)cc(Oc2ccccc2)c1=O. The number of esters is 1. The van der Waals surface area contributed by atoms with E-state index in [2.05, 4.69) is 10.3 Å². The van der Waals surface area contributed by atoms with Gasteiger partial charge in [-0.3, -0.25) is 4.79 Å². The van der Waals surface area contributed by atoms with E-state index in [1.807, 2.05) is 37.3 Å². The van der Waals surface area contributed by atoms with E-state index < -0.39 is 11.4 Å². The van der Waals surface area contributed by atoms with Gasteiger partial charge < -0.3 is 19.4 Å². The van der Waals surface area contributed by atoms with Gasteiger partial charge in [-0.05, 0) is 43.7 Å². The molecule has 0 aliphatic rings. The van der Waals surface area contributed by atoms with Gasteiger partial charge in [-0.1, -0.05) is 18.2 Å². The number of hydrogen-bond acceptors (Lipinski definition) is 6. The summed E-state index contributed by atoms with van der Waals surface area (Å²) in [4.78, 5) is 29.2. The average Bonchev–Trinajstić information content (AvgIpc) is 2.71. The Labute approximate surface area is 168 Å². The largest absolute Gasteiger partial charge is 0.462 e. The Morgan fingerprint density at radius 1 is 1.17 bits per heavy atom. The molecule has 0 bridgehead atoms. The zero-order valence-electron chi connectivity index (χ0n) is 16.4. The molecule has 150 valence electrons. The third-order valence-corrected chi connectivity index (χ3v) is 4.10. The van der Waals surface area contributed by atoms with Crippen molar-refractivity contribution in [2.24, 2.45) is 0 Å². The summed E-state index contributed by atoms with van der Waals surface area (Å²) in [7, 11) is 0. The highest BCUT2D eigenvalue weighted by Gasteiger charge is 2.17. The van der Waals surface area contributed by atoms with Gasteiger partial charge in [0.15, 0.2) is 5.75 Å². The normalized spacial score (nSPS) is 10.4. The number of nitrogens with zero attached hydrogens (tertiary/aromatic N) is 2. The van der Waals surface area contributed by atoms with Crippen molar-refractivity contribution in [1.82, 2.24) is 9.55 Å². The lowest BCUT2D eigenvalue weighted by atomic mass is 10.2. The van der Waals surface area contributed by atoms with Crippen LogP contribution in [0.15, 0.2) is 65.8 Å². The first kappa shape index (κ1) is 20.1. The third-order valence-electron chi connectivity index (χ3n) is 4.10. The predicted octanol–water partition coefficient (Wildman–Crippen LogP) is 3.63. The highest BCUT2D eigenvalue weighted by atomic mass is 16.5. The maximum Gasteiger partial charge on any atom is 0.343 e. The summed E-state index contributed by atoms with van der Waals surface area (Å²) in [5, 5.41) is 3.22. The lowest BCUT2D eigenvalue weighted by Gasteiger charge is -2.13. The number of nitrogens with one attached hydrogen (secondary N) is 1. The van der Waals surface area contributed by atoms with Gasteiger partial charge in [0.05, 0.1) is 12.8 Å². The minimum Gasteiger partial charge on any atom is -0.462 e. The van der Waals surface area contributed by atoms with Gasteiger partial charge in [0.25, 0.3) is 0 Å². The van der Waals surface area contributed by atoms with Crippen LogP contribution in [0.4, 0.5) is 5.82 Å². The number of carbonyl (C=O) groups excluding carboxylic acids is 1. The fraction of sp³-hybridized carbons (Fsp3) is 0.227. The van der Waals surface area contributed by atoms with E-state index in [4.69, 9.17) is 9.47 Å². The molecule has 3 aromatic rings. The van der Waals surface area contributed by atoms with Crippen molar-refractivity contribution in [3.63, 3.8) is 0 Å². The predicted molar refractivity (Wildman–Crippen MR) is 111 cm³/mol. The first-order valence-electron chi connectivity index (χ1n) is 9.37. The van der Waals surface area contributed by atoms with E-state index in [0.717, 1.165) is 11.4 Å². The fourth-order valence-corrected chi connectivity index (χ4v) is 2.72. The minimum absolute atomic E-state index is 0.0611. The second-order valence-electron chi connectivity index (χ2n) is 6.38. The molecule has 0 spiro atoms. The number of aryl methyl sites for hydroxylation is 1. The molecule has 2 heterocycles. The monoisotopic (exact) mass is 393 g/mol. The number of benzene rings is 1. The van der Waals surface area contributed by atoms with Crippen LogP contribution < -0.4 is 15.5 Å². The van der Waals surface area contributed by atoms with Gasteiger partial charge in [-0.15, -0.1) is 0 Å². The zero-order valence-corrected chi connectivity index (χ0v) is 16.4. The Kier molecular flexibility index (Phi) is 6.63. The van der Waals surface area contributed by atoms with E-state index >= 15 is 0 Å². The molecule has 0 aliphatic carbocycles. The van der Waals surface area contributed by atoms with E-state index in [9.17, 15) is 9.59 Å². The minimum atomic E-state index is -0.668. The Morgan fingerprint density at radius 3 is 2.69 bits per heavy atom.